The number of rotatable bonds is 2. The standard InChI is InChI=1S/C13H18FNO3S/c1-9-7-13(11(10(2)16)8-12(9)14)15-3-5-19(17,18)6-4-15/h7-8,10,16H,3-6H2,1-2H3/t10-/m1/s1. The number of halogens is 1. The average Bonchev–Trinajstić information content (AvgIpc) is 2.32. The molecule has 0 aromatic heterocycles. The Balaban J connectivity index is 2.36. The number of nitrogens with zero attached hydrogens (tertiary/aromatic N) is 1. The van der Waals surface area contributed by atoms with Crippen molar-refractivity contribution in [3.8, 4) is 0 Å². The van der Waals surface area contributed by atoms with Crippen LogP contribution in [0.3, 0.4) is 0 Å². The monoisotopic (exact) mass is 287 g/mol. The lowest BCUT2D eigenvalue weighted by Crippen LogP contribution is -2.40. The van der Waals surface area contributed by atoms with Gasteiger partial charge in [-0.1, -0.05) is 0 Å². The zero-order valence-electron chi connectivity index (χ0n) is 11.1. The van der Waals surface area contributed by atoms with Gasteiger partial charge in [-0.2, -0.15) is 0 Å². The van der Waals surface area contributed by atoms with E-state index in [9.17, 15) is 17.9 Å². The normalized spacial score (nSPS) is 20.3. The predicted molar refractivity (Wildman–Crippen MR) is 72.6 cm³/mol. The molecule has 6 heteroatoms. The Morgan fingerprint density at radius 3 is 2.42 bits per heavy atom. The lowest BCUT2D eigenvalue weighted by Gasteiger charge is -2.31. The van der Waals surface area contributed by atoms with Crippen LogP contribution >= 0.6 is 0 Å². The Morgan fingerprint density at radius 1 is 1.32 bits per heavy atom. The zero-order valence-corrected chi connectivity index (χ0v) is 11.9. The number of hydrogen-bond donors (Lipinski definition) is 1. The second kappa shape index (κ2) is 5.09. The highest BCUT2D eigenvalue weighted by atomic mass is 32.2. The average molecular weight is 287 g/mol. The van der Waals surface area contributed by atoms with Gasteiger partial charge in [0.05, 0.1) is 17.6 Å². The molecule has 0 radical (unpaired) electrons. The molecule has 0 bridgehead atoms. The van der Waals surface area contributed by atoms with Gasteiger partial charge in [0.1, 0.15) is 5.82 Å². The van der Waals surface area contributed by atoms with Crippen LogP contribution in [0.1, 0.15) is 24.2 Å². The van der Waals surface area contributed by atoms with E-state index in [0.29, 0.717) is 24.2 Å². The van der Waals surface area contributed by atoms with Gasteiger partial charge in [0.25, 0.3) is 0 Å². The van der Waals surface area contributed by atoms with Crippen molar-refractivity contribution in [1.29, 1.82) is 0 Å². The minimum Gasteiger partial charge on any atom is -0.389 e. The van der Waals surface area contributed by atoms with Crippen LogP contribution in [0.2, 0.25) is 0 Å². The molecule has 0 unspecified atom stereocenters. The number of hydrogen-bond acceptors (Lipinski definition) is 4. The summed E-state index contributed by atoms with van der Waals surface area (Å²) < 4.78 is 36.4. The first-order valence-electron chi connectivity index (χ1n) is 6.23. The minimum atomic E-state index is -2.95. The second-order valence-corrected chi connectivity index (χ2v) is 7.28. The molecular formula is C13H18FNO3S. The fourth-order valence-corrected chi connectivity index (χ4v) is 3.44. The molecule has 1 aromatic rings. The van der Waals surface area contributed by atoms with Crippen LogP contribution in [0, 0.1) is 12.7 Å². The SMILES string of the molecule is Cc1cc(N2CCS(=O)(=O)CC2)c([C@@H](C)O)cc1F. The van der Waals surface area contributed by atoms with Gasteiger partial charge in [-0.05, 0) is 31.5 Å². The summed E-state index contributed by atoms with van der Waals surface area (Å²) >= 11 is 0. The maximum atomic E-state index is 13.6. The Hall–Kier alpha value is -1.14. The fraction of sp³-hybridized carbons (Fsp3) is 0.538. The Bertz CT molecular complexity index is 570. The molecule has 1 aliphatic heterocycles. The molecule has 1 atom stereocenters. The Morgan fingerprint density at radius 2 is 1.89 bits per heavy atom. The van der Waals surface area contributed by atoms with E-state index in [1.54, 1.807) is 19.9 Å². The van der Waals surface area contributed by atoms with E-state index in [1.807, 2.05) is 4.90 Å². The van der Waals surface area contributed by atoms with Crippen LogP contribution in [0.5, 0.6) is 0 Å². The lowest BCUT2D eigenvalue weighted by atomic mass is 10.0. The van der Waals surface area contributed by atoms with Crippen LogP contribution in [-0.2, 0) is 9.84 Å². The maximum absolute atomic E-state index is 13.6. The molecule has 1 saturated heterocycles. The molecule has 0 amide bonds. The first-order chi connectivity index (χ1) is 8.80. The van der Waals surface area contributed by atoms with Gasteiger partial charge in [0, 0.05) is 24.3 Å². The molecule has 0 aliphatic carbocycles. The summed E-state index contributed by atoms with van der Waals surface area (Å²) in [5, 5.41) is 9.74. The van der Waals surface area contributed by atoms with E-state index in [2.05, 4.69) is 0 Å². The molecule has 4 nitrogen and oxygen atoms in total. The highest BCUT2D eigenvalue weighted by Gasteiger charge is 2.24. The highest BCUT2D eigenvalue weighted by molar-refractivity contribution is 7.91. The smallest absolute Gasteiger partial charge is 0.153 e. The summed E-state index contributed by atoms with van der Waals surface area (Å²) in [4.78, 5) is 1.90. The van der Waals surface area contributed by atoms with Crippen molar-refractivity contribution in [3.05, 3.63) is 29.1 Å². The molecule has 1 aromatic carbocycles. The third kappa shape index (κ3) is 3.06. The third-order valence-electron chi connectivity index (χ3n) is 3.44. The van der Waals surface area contributed by atoms with Gasteiger partial charge in [-0.3, -0.25) is 0 Å². The molecule has 1 fully saturated rings. The van der Waals surface area contributed by atoms with E-state index < -0.39 is 15.9 Å². The number of aryl methyl sites for hydroxylation is 1. The van der Waals surface area contributed by atoms with Gasteiger partial charge < -0.3 is 10.0 Å². The molecular weight excluding hydrogens is 269 g/mol. The predicted octanol–water partition coefficient (Wildman–Crippen LogP) is 1.42. The quantitative estimate of drug-likeness (QED) is 0.894. The number of aliphatic hydroxyl groups excluding tert-OH is 1. The highest BCUT2D eigenvalue weighted by Crippen LogP contribution is 2.30. The van der Waals surface area contributed by atoms with Crippen molar-refractivity contribution in [2.75, 3.05) is 29.5 Å². The van der Waals surface area contributed by atoms with E-state index in [-0.39, 0.29) is 17.3 Å². The maximum Gasteiger partial charge on any atom is 0.153 e. The third-order valence-corrected chi connectivity index (χ3v) is 5.05. The van der Waals surface area contributed by atoms with Crippen LogP contribution in [-0.4, -0.2) is 38.1 Å². The van der Waals surface area contributed by atoms with Gasteiger partial charge in [-0.25, -0.2) is 12.8 Å². The van der Waals surface area contributed by atoms with Gasteiger partial charge in [0.2, 0.25) is 0 Å². The largest absolute Gasteiger partial charge is 0.389 e. The summed E-state index contributed by atoms with van der Waals surface area (Å²) in [5.41, 5.74) is 1.72. The fourth-order valence-electron chi connectivity index (χ4n) is 2.24. The lowest BCUT2D eigenvalue weighted by molar-refractivity contribution is 0.199. The first kappa shape index (κ1) is 14.3. The Kier molecular flexibility index (Phi) is 3.82. The van der Waals surface area contributed by atoms with Crippen molar-refractivity contribution in [2.45, 2.75) is 20.0 Å². The van der Waals surface area contributed by atoms with Crippen molar-refractivity contribution in [2.24, 2.45) is 0 Å². The van der Waals surface area contributed by atoms with Crippen LogP contribution in [0.4, 0.5) is 10.1 Å². The molecule has 1 heterocycles. The first-order valence-corrected chi connectivity index (χ1v) is 8.06. The molecule has 1 N–H and O–H groups in total. The van der Waals surface area contributed by atoms with Crippen molar-refractivity contribution in [1.82, 2.24) is 0 Å². The summed E-state index contributed by atoms with van der Waals surface area (Å²) in [6, 6.07) is 3.01. The molecule has 1 aliphatic rings. The summed E-state index contributed by atoms with van der Waals surface area (Å²) in [5.74, 6) is -0.157. The van der Waals surface area contributed by atoms with Crippen LogP contribution < -0.4 is 4.90 Å². The van der Waals surface area contributed by atoms with Gasteiger partial charge in [-0.15, -0.1) is 0 Å². The molecule has 106 valence electrons. The molecule has 19 heavy (non-hydrogen) atoms. The number of anilines is 1. The summed E-state index contributed by atoms with van der Waals surface area (Å²) in [7, 11) is -2.95. The van der Waals surface area contributed by atoms with E-state index in [0.717, 1.165) is 5.69 Å². The van der Waals surface area contributed by atoms with Crippen molar-refractivity contribution < 1.29 is 17.9 Å². The van der Waals surface area contributed by atoms with Crippen molar-refractivity contribution >= 4 is 15.5 Å². The van der Waals surface area contributed by atoms with E-state index in [1.165, 1.54) is 6.07 Å². The topological polar surface area (TPSA) is 57.6 Å². The van der Waals surface area contributed by atoms with Crippen LogP contribution in [0.25, 0.3) is 0 Å². The van der Waals surface area contributed by atoms with E-state index >= 15 is 0 Å². The Labute approximate surface area is 112 Å². The summed E-state index contributed by atoms with van der Waals surface area (Å²) in [6.07, 6.45) is -0.788. The summed E-state index contributed by atoms with van der Waals surface area (Å²) in [6.45, 7) is 4.00. The molecule has 2 rings (SSSR count). The minimum absolute atomic E-state index is 0.0999. The zero-order chi connectivity index (χ0) is 14.2. The molecule has 0 spiro atoms. The van der Waals surface area contributed by atoms with Crippen LogP contribution in [0.15, 0.2) is 12.1 Å². The van der Waals surface area contributed by atoms with Gasteiger partial charge >= 0.3 is 0 Å². The second-order valence-electron chi connectivity index (χ2n) is 4.98. The number of sulfone groups is 1. The number of benzene rings is 1. The van der Waals surface area contributed by atoms with E-state index in [4.69, 9.17) is 0 Å². The number of aliphatic hydroxyl groups is 1. The molecule has 0 saturated carbocycles. The van der Waals surface area contributed by atoms with Crippen molar-refractivity contribution in [3.63, 3.8) is 0 Å². The van der Waals surface area contributed by atoms with Gasteiger partial charge in [0.15, 0.2) is 9.84 Å².